The highest BCUT2D eigenvalue weighted by Gasteiger charge is 2.13. The minimum absolute atomic E-state index is 0.0686. The van der Waals surface area contributed by atoms with Gasteiger partial charge in [0.1, 0.15) is 11.6 Å². The SMILES string of the molecule is CCOC(=O)C(=O)C=C(O)c1cccc(F)c1. The first kappa shape index (κ1) is 12.9. The number of ketones is 1. The molecule has 90 valence electrons. The summed E-state index contributed by atoms with van der Waals surface area (Å²) < 4.78 is 17.3. The van der Waals surface area contributed by atoms with Crippen molar-refractivity contribution in [3.8, 4) is 0 Å². The molecule has 0 radical (unpaired) electrons. The van der Waals surface area contributed by atoms with Crippen LogP contribution in [0.1, 0.15) is 12.5 Å². The number of carbonyl (C=O) groups is 2. The number of hydrogen-bond acceptors (Lipinski definition) is 4. The lowest BCUT2D eigenvalue weighted by molar-refractivity contribution is -0.151. The number of halogens is 1. The number of hydrogen-bond donors (Lipinski definition) is 1. The molecule has 0 aliphatic heterocycles. The Labute approximate surface area is 97.3 Å². The van der Waals surface area contributed by atoms with Gasteiger partial charge < -0.3 is 9.84 Å². The average Bonchev–Trinajstić information content (AvgIpc) is 2.29. The van der Waals surface area contributed by atoms with E-state index in [1.54, 1.807) is 6.92 Å². The van der Waals surface area contributed by atoms with E-state index >= 15 is 0 Å². The van der Waals surface area contributed by atoms with Crippen molar-refractivity contribution in [1.29, 1.82) is 0 Å². The van der Waals surface area contributed by atoms with Gasteiger partial charge in [-0.3, -0.25) is 4.79 Å². The molecule has 17 heavy (non-hydrogen) atoms. The molecule has 4 nitrogen and oxygen atoms in total. The fourth-order valence-corrected chi connectivity index (χ4v) is 1.12. The summed E-state index contributed by atoms with van der Waals surface area (Å²) in [5.41, 5.74) is 0.114. The zero-order valence-electron chi connectivity index (χ0n) is 9.14. The topological polar surface area (TPSA) is 63.6 Å². The fraction of sp³-hybridized carbons (Fsp3) is 0.167. The van der Waals surface area contributed by atoms with Crippen LogP contribution >= 0.6 is 0 Å². The van der Waals surface area contributed by atoms with E-state index < -0.39 is 23.3 Å². The Hall–Kier alpha value is -2.17. The maximum atomic E-state index is 12.8. The molecule has 1 aromatic carbocycles. The Balaban J connectivity index is 2.86. The zero-order valence-corrected chi connectivity index (χ0v) is 9.14. The van der Waals surface area contributed by atoms with Crippen LogP contribution in [0.15, 0.2) is 30.3 Å². The van der Waals surface area contributed by atoms with E-state index in [0.717, 1.165) is 6.07 Å². The monoisotopic (exact) mass is 238 g/mol. The lowest BCUT2D eigenvalue weighted by Crippen LogP contribution is -2.15. The van der Waals surface area contributed by atoms with Gasteiger partial charge in [-0.15, -0.1) is 0 Å². The molecule has 1 rings (SSSR count). The van der Waals surface area contributed by atoms with Crippen molar-refractivity contribution in [1.82, 2.24) is 0 Å². The second-order valence-electron chi connectivity index (χ2n) is 3.12. The second-order valence-corrected chi connectivity index (χ2v) is 3.12. The number of rotatable bonds is 4. The van der Waals surface area contributed by atoms with E-state index in [4.69, 9.17) is 0 Å². The molecule has 0 amide bonds. The van der Waals surface area contributed by atoms with Gasteiger partial charge in [-0.05, 0) is 19.1 Å². The van der Waals surface area contributed by atoms with Crippen LogP contribution in [0.2, 0.25) is 0 Å². The first-order chi connectivity index (χ1) is 8.04. The van der Waals surface area contributed by atoms with Crippen LogP contribution in [0.4, 0.5) is 4.39 Å². The first-order valence-corrected chi connectivity index (χ1v) is 4.92. The lowest BCUT2D eigenvalue weighted by atomic mass is 10.1. The van der Waals surface area contributed by atoms with Crippen molar-refractivity contribution < 1.29 is 23.8 Å². The van der Waals surface area contributed by atoms with Crippen LogP contribution in [0, 0.1) is 5.82 Å². The Morgan fingerprint density at radius 2 is 2.18 bits per heavy atom. The Morgan fingerprint density at radius 1 is 1.47 bits per heavy atom. The summed E-state index contributed by atoms with van der Waals surface area (Å²) in [4.78, 5) is 22.2. The van der Waals surface area contributed by atoms with Gasteiger partial charge in [0.05, 0.1) is 6.61 Å². The summed E-state index contributed by atoms with van der Waals surface area (Å²) in [5.74, 6) is -3.09. The van der Waals surface area contributed by atoms with Crippen LogP contribution in [0.25, 0.3) is 5.76 Å². The van der Waals surface area contributed by atoms with E-state index in [9.17, 15) is 19.1 Å². The van der Waals surface area contributed by atoms with Crippen LogP contribution < -0.4 is 0 Å². The number of ether oxygens (including phenoxy) is 1. The number of esters is 1. The highest BCUT2D eigenvalue weighted by atomic mass is 19.1. The fourth-order valence-electron chi connectivity index (χ4n) is 1.12. The average molecular weight is 238 g/mol. The molecule has 0 saturated heterocycles. The van der Waals surface area contributed by atoms with Gasteiger partial charge in [0, 0.05) is 11.6 Å². The normalized spacial score (nSPS) is 11.1. The third-order valence-electron chi connectivity index (χ3n) is 1.86. The Morgan fingerprint density at radius 3 is 2.76 bits per heavy atom. The maximum Gasteiger partial charge on any atom is 0.379 e. The molecule has 5 heteroatoms. The molecule has 0 spiro atoms. The van der Waals surface area contributed by atoms with Gasteiger partial charge in [-0.1, -0.05) is 12.1 Å². The number of aliphatic hydroxyl groups is 1. The first-order valence-electron chi connectivity index (χ1n) is 4.92. The summed E-state index contributed by atoms with van der Waals surface area (Å²) in [7, 11) is 0. The third-order valence-corrected chi connectivity index (χ3v) is 1.86. The summed E-state index contributed by atoms with van der Waals surface area (Å²) in [6, 6.07) is 5.03. The van der Waals surface area contributed by atoms with E-state index in [1.807, 2.05) is 0 Å². The molecular formula is C12H11FO4. The smallest absolute Gasteiger partial charge is 0.379 e. The van der Waals surface area contributed by atoms with Crippen molar-refractivity contribution >= 4 is 17.5 Å². The molecule has 0 saturated carbocycles. The lowest BCUT2D eigenvalue weighted by Gasteiger charge is -2.00. The van der Waals surface area contributed by atoms with Crippen LogP contribution in [0.3, 0.4) is 0 Å². The molecule has 0 aromatic heterocycles. The predicted octanol–water partition coefficient (Wildman–Crippen LogP) is 1.86. The minimum atomic E-state index is -1.06. The van der Waals surface area contributed by atoms with Gasteiger partial charge in [0.2, 0.25) is 0 Å². The van der Waals surface area contributed by atoms with Crippen LogP contribution in [0.5, 0.6) is 0 Å². The minimum Gasteiger partial charge on any atom is -0.507 e. The van der Waals surface area contributed by atoms with E-state index in [1.165, 1.54) is 18.2 Å². The summed E-state index contributed by atoms with van der Waals surface area (Å²) in [6.07, 6.45) is 0.701. The van der Waals surface area contributed by atoms with Crippen molar-refractivity contribution in [2.75, 3.05) is 6.61 Å². The molecule has 0 heterocycles. The van der Waals surface area contributed by atoms with Crippen molar-refractivity contribution in [3.05, 3.63) is 41.7 Å². The Bertz CT molecular complexity index is 465. The molecule has 0 fully saturated rings. The molecule has 0 aliphatic carbocycles. The molecular weight excluding hydrogens is 227 g/mol. The standard InChI is InChI=1S/C12H11FO4/c1-2-17-12(16)11(15)7-10(14)8-4-3-5-9(13)6-8/h3-7,14H,2H2,1H3. The van der Waals surface area contributed by atoms with E-state index in [2.05, 4.69) is 4.74 Å². The highest BCUT2D eigenvalue weighted by molar-refractivity contribution is 6.39. The molecule has 0 aliphatic rings. The predicted molar refractivity (Wildman–Crippen MR) is 58.6 cm³/mol. The Kier molecular flexibility index (Phi) is 4.39. The van der Waals surface area contributed by atoms with Crippen LogP contribution in [-0.4, -0.2) is 23.5 Å². The zero-order chi connectivity index (χ0) is 12.8. The molecule has 1 aromatic rings. The van der Waals surface area contributed by atoms with Crippen molar-refractivity contribution in [2.24, 2.45) is 0 Å². The van der Waals surface area contributed by atoms with Crippen LogP contribution in [-0.2, 0) is 14.3 Å². The maximum absolute atomic E-state index is 12.8. The largest absolute Gasteiger partial charge is 0.507 e. The van der Waals surface area contributed by atoms with Gasteiger partial charge in [-0.2, -0.15) is 0 Å². The van der Waals surface area contributed by atoms with Gasteiger partial charge in [-0.25, -0.2) is 9.18 Å². The van der Waals surface area contributed by atoms with Crippen molar-refractivity contribution in [2.45, 2.75) is 6.92 Å². The van der Waals surface area contributed by atoms with Gasteiger partial charge >= 0.3 is 5.97 Å². The quantitative estimate of drug-likeness (QED) is 0.376. The van der Waals surface area contributed by atoms with E-state index in [0.29, 0.717) is 6.08 Å². The van der Waals surface area contributed by atoms with Crippen molar-refractivity contribution in [3.63, 3.8) is 0 Å². The third kappa shape index (κ3) is 3.71. The molecule has 0 atom stereocenters. The highest BCUT2D eigenvalue weighted by Crippen LogP contribution is 2.12. The number of carbonyl (C=O) groups excluding carboxylic acids is 2. The number of aliphatic hydroxyl groups excluding tert-OH is 1. The van der Waals surface area contributed by atoms with E-state index in [-0.39, 0.29) is 12.2 Å². The molecule has 0 unspecified atom stereocenters. The summed E-state index contributed by atoms with van der Waals surface area (Å²) >= 11 is 0. The number of benzene rings is 1. The molecule has 1 N–H and O–H groups in total. The van der Waals surface area contributed by atoms with Gasteiger partial charge in [0.15, 0.2) is 0 Å². The second kappa shape index (κ2) is 5.79. The summed E-state index contributed by atoms with van der Waals surface area (Å²) in [5, 5.41) is 9.50. The summed E-state index contributed by atoms with van der Waals surface area (Å²) in [6.45, 7) is 1.63. The molecule has 0 bridgehead atoms. The van der Waals surface area contributed by atoms with Gasteiger partial charge in [0.25, 0.3) is 5.78 Å².